The van der Waals surface area contributed by atoms with Crippen LogP contribution in [0.15, 0.2) is 34.6 Å². The zero-order valence-corrected chi connectivity index (χ0v) is 21.5. The van der Waals surface area contributed by atoms with E-state index >= 15 is 0 Å². The maximum Gasteiger partial charge on any atom is 0.194 e. The molecule has 0 spiro atoms. The van der Waals surface area contributed by atoms with Crippen LogP contribution in [0.4, 0.5) is 0 Å². The number of hydrogen-bond donors (Lipinski definition) is 1. The minimum absolute atomic E-state index is 0. The topological polar surface area (TPSA) is 53.0 Å². The fourth-order valence-electron chi connectivity index (χ4n) is 2.75. The van der Waals surface area contributed by atoms with Gasteiger partial charge in [0.1, 0.15) is 11.1 Å². The lowest BCUT2D eigenvalue weighted by atomic mass is 10.1. The van der Waals surface area contributed by atoms with Gasteiger partial charge in [0, 0.05) is 32.6 Å². The second kappa shape index (κ2) is 13.1. The van der Waals surface area contributed by atoms with E-state index in [2.05, 4.69) is 70.8 Å². The molecule has 6 nitrogen and oxygen atoms in total. The standard InChI is InChI=1S/C21H33N5OS.HI/c1-7-22-21(23-12-17-8-10-18(11-9-17)13-25(3)4)26(5)14-19-15-28-20(24-19)16(2)27-6;/h8-11,15-16H,7,12-14H2,1-6H3,(H,22,23);1H. The zero-order valence-electron chi connectivity index (χ0n) is 18.3. The fourth-order valence-corrected chi connectivity index (χ4v) is 3.59. The first-order chi connectivity index (χ1) is 13.4. The van der Waals surface area contributed by atoms with Gasteiger partial charge >= 0.3 is 0 Å². The monoisotopic (exact) mass is 531 g/mol. The van der Waals surface area contributed by atoms with Crippen molar-refractivity contribution in [2.45, 2.75) is 39.6 Å². The van der Waals surface area contributed by atoms with Gasteiger partial charge in [-0.05, 0) is 39.1 Å². The lowest BCUT2D eigenvalue weighted by Gasteiger charge is -2.21. The molecule has 2 aromatic rings. The lowest BCUT2D eigenvalue weighted by molar-refractivity contribution is 0.119. The van der Waals surface area contributed by atoms with E-state index in [-0.39, 0.29) is 30.1 Å². The molecule has 0 saturated carbocycles. The highest BCUT2D eigenvalue weighted by atomic mass is 127. The Kier molecular flexibility index (Phi) is 11.7. The molecule has 0 aliphatic rings. The summed E-state index contributed by atoms with van der Waals surface area (Å²) in [7, 11) is 7.91. The molecule has 0 aliphatic heterocycles. The SMILES string of the molecule is CCNC(=NCc1ccc(CN(C)C)cc1)N(C)Cc1csc(C(C)OC)n1.I. The maximum absolute atomic E-state index is 5.35. The summed E-state index contributed by atoms with van der Waals surface area (Å²) in [6.07, 6.45) is 0.0291. The van der Waals surface area contributed by atoms with Crippen LogP contribution in [-0.4, -0.2) is 55.5 Å². The van der Waals surface area contributed by atoms with E-state index in [0.29, 0.717) is 13.1 Å². The Hall–Kier alpha value is -1.23. The second-order valence-corrected chi connectivity index (χ2v) is 8.03. The highest BCUT2D eigenvalue weighted by Gasteiger charge is 2.12. The third-order valence-electron chi connectivity index (χ3n) is 4.30. The Morgan fingerprint density at radius 2 is 1.83 bits per heavy atom. The van der Waals surface area contributed by atoms with E-state index in [1.54, 1.807) is 18.4 Å². The van der Waals surface area contributed by atoms with Crippen molar-refractivity contribution < 1.29 is 4.74 Å². The van der Waals surface area contributed by atoms with Crippen LogP contribution < -0.4 is 5.32 Å². The van der Waals surface area contributed by atoms with Crippen LogP contribution >= 0.6 is 35.3 Å². The molecule has 0 fully saturated rings. The molecular weight excluding hydrogens is 497 g/mol. The Morgan fingerprint density at radius 1 is 1.17 bits per heavy atom. The molecule has 1 atom stereocenters. The minimum atomic E-state index is 0. The van der Waals surface area contributed by atoms with Crippen LogP contribution in [0.5, 0.6) is 0 Å². The van der Waals surface area contributed by atoms with Gasteiger partial charge in [-0.3, -0.25) is 0 Å². The Balaban J connectivity index is 0.00000420. The van der Waals surface area contributed by atoms with E-state index in [4.69, 9.17) is 9.73 Å². The van der Waals surface area contributed by atoms with Crippen LogP contribution in [0.3, 0.4) is 0 Å². The molecule has 29 heavy (non-hydrogen) atoms. The van der Waals surface area contributed by atoms with Gasteiger partial charge in [0.15, 0.2) is 5.96 Å². The van der Waals surface area contributed by atoms with Crippen LogP contribution in [0.1, 0.15) is 41.8 Å². The van der Waals surface area contributed by atoms with Crippen LogP contribution in [-0.2, 0) is 24.4 Å². The summed E-state index contributed by atoms with van der Waals surface area (Å²) in [5, 5.41) is 6.47. The largest absolute Gasteiger partial charge is 0.375 e. The Morgan fingerprint density at radius 3 is 2.41 bits per heavy atom. The molecule has 1 aromatic heterocycles. The maximum atomic E-state index is 5.35. The summed E-state index contributed by atoms with van der Waals surface area (Å²) in [5.41, 5.74) is 3.55. The third-order valence-corrected chi connectivity index (χ3v) is 5.35. The van der Waals surface area contributed by atoms with Gasteiger partial charge in [0.2, 0.25) is 0 Å². The van der Waals surface area contributed by atoms with Crippen molar-refractivity contribution >= 4 is 41.3 Å². The van der Waals surface area contributed by atoms with Crippen molar-refractivity contribution in [1.82, 2.24) is 20.1 Å². The quantitative estimate of drug-likeness (QED) is 0.300. The normalized spacial score (nSPS) is 12.6. The van der Waals surface area contributed by atoms with Crippen LogP contribution in [0, 0.1) is 0 Å². The summed E-state index contributed by atoms with van der Waals surface area (Å²) >= 11 is 1.64. The predicted octanol–water partition coefficient (Wildman–Crippen LogP) is 4.13. The van der Waals surface area contributed by atoms with E-state index in [1.165, 1.54) is 11.1 Å². The zero-order chi connectivity index (χ0) is 20.5. The predicted molar refractivity (Wildman–Crippen MR) is 133 cm³/mol. The summed E-state index contributed by atoms with van der Waals surface area (Å²) < 4.78 is 5.35. The first-order valence-electron chi connectivity index (χ1n) is 9.62. The number of hydrogen-bond acceptors (Lipinski definition) is 5. The molecule has 1 heterocycles. The molecule has 0 saturated heterocycles. The van der Waals surface area contributed by atoms with E-state index in [9.17, 15) is 0 Å². The molecule has 0 bridgehead atoms. The molecule has 2 rings (SSSR count). The van der Waals surface area contributed by atoms with Gasteiger partial charge in [0.25, 0.3) is 0 Å². The van der Waals surface area contributed by atoms with Gasteiger partial charge in [0.05, 0.1) is 18.8 Å². The van der Waals surface area contributed by atoms with Crippen molar-refractivity contribution in [3.63, 3.8) is 0 Å². The summed E-state index contributed by atoms with van der Waals surface area (Å²) in [4.78, 5) is 13.8. The Labute approximate surface area is 196 Å². The van der Waals surface area contributed by atoms with Gasteiger partial charge in [-0.15, -0.1) is 35.3 Å². The highest BCUT2D eigenvalue weighted by Crippen LogP contribution is 2.21. The van der Waals surface area contributed by atoms with Crippen molar-refractivity contribution in [2.24, 2.45) is 4.99 Å². The van der Waals surface area contributed by atoms with E-state index < -0.39 is 0 Å². The fraction of sp³-hybridized carbons (Fsp3) is 0.524. The minimum Gasteiger partial charge on any atom is -0.375 e. The number of nitrogens with zero attached hydrogens (tertiary/aromatic N) is 4. The summed E-state index contributed by atoms with van der Waals surface area (Å²) in [6.45, 7) is 7.24. The lowest BCUT2D eigenvalue weighted by Crippen LogP contribution is -2.38. The van der Waals surface area contributed by atoms with Crippen molar-refractivity contribution in [2.75, 3.05) is 34.8 Å². The molecule has 0 radical (unpaired) electrons. The van der Waals surface area contributed by atoms with Crippen molar-refractivity contribution in [3.8, 4) is 0 Å². The molecule has 8 heteroatoms. The van der Waals surface area contributed by atoms with Gasteiger partial charge in [-0.1, -0.05) is 24.3 Å². The van der Waals surface area contributed by atoms with E-state index in [1.807, 2.05) is 14.0 Å². The van der Waals surface area contributed by atoms with Crippen molar-refractivity contribution in [3.05, 3.63) is 51.5 Å². The highest BCUT2D eigenvalue weighted by molar-refractivity contribution is 14.0. The number of ether oxygens (including phenoxy) is 1. The summed E-state index contributed by atoms with van der Waals surface area (Å²) in [6, 6.07) is 8.67. The molecule has 1 aromatic carbocycles. The van der Waals surface area contributed by atoms with Crippen LogP contribution in [0.25, 0.3) is 0 Å². The van der Waals surface area contributed by atoms with E-state index in [0.717, 1.165) is 29.8 Å². The number of aliphatic imine (C=N–C) groups is 1. The molecular formula is C21H34IN5OS. The molecule has 0 aliphatic carbocycles. The molecule has 162 valence electrons. The molecule has 0 amide bonds. The van der Waals surface area contributed by atoms with Gasteiger partial charge < -0.3 is 19.9 Å². The summed E-state index contributed by atoms with van der Waals surface area (Å²) in [5.74, 6) is 0.884. The number of methoxy groups -OCH3 is 1. The number of thiazole rings is 1. The average Bonchev–Trinajstić information content (AvgIpc) is 3.13. The number of benzene rings is 1. The number of aromatic nitrogens is 1. The molecule has 1 unspecified atom stereocenters. The number of nitrogens with one attached hydrogen (secondary N) is 1. The third kappa shape index (κ3) is 8.57. The van der Waals surface area contributed by atoms with Gasteiger partial charge in [-0.2, -0.15) is 0 Å². The molecule has 1 N–H and O–H groups in total. The average molecular weight is 532 g/mol. The first-order valence-corrected chi connectivity index (χ1v) is 10.5. The van der Waals surface area contributed by atoms with Gasteiger partial charge in [-0.25, -0.2) is 9.98 Å². The first kappa shape index (κ1) is 25.8. The van der Waals surface area contributed by atoms with Crippen molar-refractivity contribution in [1.29, 1.82) is 0 Å². The van der Waals surface area contributed by atoms with Crippen LogP contribution in [0.2, 0.25) is 0 Å². The second-order valence-electron chi connectivity index (χ2n) is 7.14. The smallest absolute Gasteiger partial charge is 0.194 e. The number of halogens is 1. The number of guanidine groups is 1. The Bertz CT molecular complexity index is 748. The number of rotatable bonds is 9.